The molecule has 2 heterocycles. The van der Waals surface area contributed by atoms with Crippen LogP contribution in [-0.4, -0.2) is 42.6 Å². The summed E-state index contributed by atoms with van der Waals surface area (Å²) in [6.45, 7) is 7.15. The Bertz CT molecular complexity index is 1520. The van der Waals surface area contributed by atoms with Crippen LogP contribution in [0.2, 0.25) is 0 Å². The number of aromatic nitrogens is 4. The summed E-state index contributed by atoms with van der Waals surface area (Å²) in [5.74, 6) is -0.561. The van der Waals surface area contributed by atoms with E-state index in [-0.39, 0.29) is 11.6 Å². The number of carbonyl (C=O) groups is 2. The van der Waals surface area contributed by atoms with Crippen LogP contribution in [0, 0.1) is 24.0 Å². The highest BCUT2D eigenvalue weighted by atomic mass is 16.6. The number of amides is 2. The summed E-state index contributed by atoms with van der Waals surface area (Å²) >= 11 is 0. The Labute approximate surface area is 219 Å². The molecule has 4 N–H and O–H groups in total. The Kier molecular flexibility index (Phi) is 7.70. The van der Waals surface area contributed by atoms with Gasteiger partial charge in [0.05, 0.1) is 21.7 Å². The quantitative estimate of drug-likeness (QED) is 0.153. The van der Waals surface area contributed by atoms with Gasteiger partial charge in [-0.15, -0.1) is 0 Å². The van der Waals surface area contributed by atoms with E-state index in [1.54, 1.807) is 35.0 Å². The minimum Gasteiger partial charge on any atom is -0.379 e. The average Bonchev–Trinajstić information content (AvgIpc) is 3.43. The number of nitrogens with two attached hydrogens (primary N) is 1. The molecule has 4 aromatic rings. The molecule has 0 fully saturated rings. The Balaban J connectivity index is 1.53. The number of nitro groups is 1. The Morgan fingerprint density at radius 3 is 2.63 bits per heavy atom. The number of rotatable bonds is 11. The predicted octanol–water partition coefficient (Wildman–Crippen LogP) is 4.02. The van der Waals surface area contributed by atoms with Crippen molar-refractivity contribution in [3.8, 4) is 0 Å². The van der Waals surface area contributed by atoms with E-state index in [9.17, 15) is 19.7 Å². The highest BCUT2D eigenvalue weighted by molar-refractivity contribution is 6.03. The van der Waals surface area contributed by atoms with E-state index in [0.717, 1.165) is 16.8 Å². The number of imidazole rings is 1. The van der Waals surface area contributed by atoms with Crippen molar-refractivity contribution in [1.29, 1.82) is 0 Å². The van der Waals surface area contributed by atoms with Gasteiger partial charge in [-0.05, 0) is 63.4 Å². The lowest BCUT2D eigenvalue weighted by atomic mass is 10.1. The summed E-state index contributed by atoms with van der Waals surface area (Å²) in [5, 5.41) is 21.8. The summed E-state index contributed by atoms with van der Waals surface area (Å²) in [6, 6.07) is 11.7. The number of aryl methyl sites for hydroxylation is 4. The summed E-state index contributed by atoms with van der Waals surface area (Å²) in [7, 11) is 0. The van der Waals surface area contributed by atoms with Gasteiger partial charge in [0.2, 0.25) is 11.9 Å². The van der Waals surface area contributed by atoms with Gasteiger partial charge in [0.1, 0.15) is 11.4 Å². The summed E-state index contributed by atoms with van der Waals surface area (Å²) in [6.07, 6.45) is 1.41. The molecular weight excluding hydrogens is 488 g/mol. The second kappa shape index (κ2) is 11.1. The molecule has 2 aromatic carbocycles. The Morgan fingerprint density at radius 2 is 1.92 bits per heavy atom. The second-order valence-electron chi connectivity index (χ2n) is 8.96. The highest BCUT2D eigenvalue weighted by Crippen LogP contribution is 2.28. The largest absolute Gasteiger partial charge is 0.379 e. The van der Waals surface area contributed by atoms with Gasteiger partial charge >= 0.3 is 0 Å². The van der Waals surface area contributed by atoms with Crippen molar-refractivity contribution in [3.63, 3.8) is 0 Å². The lowest BCUT2D eigenvalue weighted by Gasteiger charge is -2.12. The van der Waals surface area contributed by atoms with Crippen molar-refractivity contribution in [2.24, 2.45) is 5.73 Å². The van der Waals surface area contributed by atoms with Gasteiger partial charge in [0.15, 0.2) is 0 Å². The van der Waals surface area contributed by atoms with Gasteiger partial charge in [0.25, 0.3) is 11.6 Å². The van der Waals surface area contributed by atoms with E-state index in [4.69, 9.17) is 5.73 Å². The fourth-order valence-electron chi connectivity index (χ4n) is 4.38. The maximum Gasteiger partial charge on any atom is 0.292 e. The van der Waals surface area contributed by atoms with Gasteiger partial charge in [-0.25, -0.2) is 4.98 Å². The zero-order valence-corrected chi connectivity index (χ0v) is 21.5. The number of nitrogens with one attached hydrogen (secondary N) is 2. The molecule has 0 bridgehead atoms. The average molecular weight is 519 g/mol. The number of primary amides is 1. The minimum absolute atomic E-state index is 0.0439. The van der Waals surface area contributed by atoms with Crippen molar-refractivity contribution >= 4 is 40.2 Å². The van der Waals surface area contributed by atoms with Gasteiger partial charge in [-0.1, -0.05) is 12.1 Å². The molecular formula is C26H30N8O4. The molecule has 0 aliphatic heterocycles. The summed E-state index contributed by atoms with van der Waals surface area (Å²) < 4.78 is 3.51. The molecule has 2 aromatic heterocycles. The zero-order chi connectivity index (χ0) is 27.4. The highest BCUT2D eigenvalue weighted by Gasteiger charge is 2.19. The molecule has 38 heavy (non-hydrogen) atoms. The number of carbonyl (C=O) groups excluding carboxylic acids is 2. The van der Waals surface area contributed by atoms with Crippen molar-refractivity contribution in [2.75, 3.05) is 17.2 Å². The SMILES string of the molecule is CCn1nc(C)cc1C(=O)Nc1nc2cc(C(N)=O)ccc2n1CCCCNc1c(C)cccc1[N+](=O)[O-]. The third-order valence-electron chi connectivity index (χ3n) is 6.25. The molecule has 12 heteroatoms. The standard InChI is InChI=1S/C26H30N8O4/c1-4-33-22(14-17(3)31-33)25(36)30-26-29-19-15-18(24(27)35)10-11-20(19)32(26)13-6-5-12-28-23-16(2)8-7-9-21(23)34(37)38/h7-11,14-15,28H,4-6,12-13H2,1-3H3,(H2,27,35)(H,29,30,36). The maximum atomic E-state index is 13.1. The van der Waals surface area contributed by atoms with Crippen LogP contribution in [0.15, 0.2) is 42.5 Å². The fraction of sp³-hybridized carbons (Fsp3) is 0.308. The Morgan fingerprint density at radius 1 is 1.13 bits per heavy atom. The molecule has 2 amide bonds. The van der Waals surface area contributed by atoms with E-state index in [1.807, 2.05) is 31.4 Å². The number of unbranched alkanes of at least 4 members (excludes halogenated alkanes) is 1. The van der Waals surface area contributed by atoms with Crippen LogP contribution < -0.4 is 16.4 Å². The topological polar surface area (TPSA) is 163 Å². The number of hydrogen-bond acceptors (Lipinski definition) is 7. The van der Waals surface area contributed by atoms with Crippen LogP contribution >= 0.6 is 0 Å². The monoisotopic (exact) mass is 518 g/mol. The molecule has 0 radical (unpaired) electrons. The molecule has 0 spiro atoms. The number of benzene rings is 2. The third-order valence-corrected chi connectivity index (χ3v) is 6.25. The number of nitro benzene ring substituents is 1. The third kappa shape index (κ3) is 5.48. The van der Waals surface area contributed by atoms with Crippen LogP contribution in [0.1, 0.15) is 51.9 Å². The molecule has 0 aliphatic rings. The van der Waals surface area contributed by atoms with Crippen molar-refractivity contribution < 1.29 is 14.5 Å². The number of para-hydroxylation sites is 1. The van der Waals surface area contributed by atoms with Crippen molar-refractivity contribution in [2.45, 2.75) is 46.7 Å². The molecule has 0 saturated heterocycles. The van der Waals surface area contributed by atoms with Gasteiger partial charge in [-0.3, -0.25) is 29.7 Å². The van der Waals surface area contributed by atoms with Crippen LogP contribution in [0.4, 0.5) is 17.3 Å². The lowest BCUT2D eigenvalue weighted by molar-refractivity contribution is -0.384. The molecule has 0 unspecified atom stereocenters. The van der Waals surface area contributed by atoms with Crippen LogP contribution in [0.3, 0.4) is 0 Å². The summed E-state index contributed by atoms with van der Waals surface area (Å²) in [4.78, 5) is 40.3. The first-order chi connectivity index (χ1) is 18.2. The predicted molar refractivity (Wildman–Crippen MR) is 144 cm³/mol. The van der Waals surface area contributed by atoms with Crippen molar-refractivity contribution in [3.05, 3.63) is 75.1 Å². The molecule has 12 nitrogen and oxygen atoms in total. The molecule has 0 saturated carbocycles. The first-order valence-corrected chi connectivity index (χ1v) is 12.3. The molecule has 0 aliphatic carbocycles. The van der Waals surface area contributed by atoms with Gasteiger partial charge in [-0.2, -0.15) is 5.10 Å². The number of anilines is 2. The van der Waals surface area contributed by atoms with Crippen LogP contribution in [-0.2, 0) is 13.1 Å². The van der Waals surface area contributed by atoms with E-state index in [2.05, 4.69) is 20.7 Å². The molecule has 198 valence electrons. The van der Waals surface area contributed by atoms with E-state index < -0.39 is 10.8 Å². The zero-order valence-electron chi connectivity index (χ0n) is 21.5. The Hall–Kier alpha value is -4.74. The van der Waals surface area contributed by atoms with Crippen molar-refractivity contribution in [1.82, 2.24) is 19.3 Å². The number of nitrogens with zero attached hydrogens (tertiary/aromatic N) is 5. The first kappa shape index (κ1) is 26.3. The summed E-state index contributed by atoms with van der Waals surface area (Å²) in [5.41, 5.74) is 9.56. The van der Waals surface area contributed by atoms with Crippen LogP contribution in [0.25, 0.3) is 11.0 Å². The van der Waals surface area contributed by atoms with Crippen LogP contribution in [0.5, 0.6) is 0 Å². The van der Waals surface area contributed by atoms with Gasteiger partial charge < -0.3 is 15.6 Å². The number of hydrogen-bond donors (Lipinski definition) is 3. The smallest absolute Gasteiger partial charge is 0.292 e. The normalized spacial score (nSPS) is 11.0. The second-order valence-corrected chi connectivity index (χ2v) is 8.96. The number of fused-ring (bicyclic) bond motifs is 1. The maximum absolute atomic E-state index is 13.1. The van der Waals surface area contributed by atoms with E-state index in [1.165, 1.54) is 6.07 Å². The van der Waals surface area contributed by atoms with E-state index >= 15 is 0 Å². The molecule has 4 rings (SSSR count). The lowest BCUT2D eigenvalue weighted by Crippen LogP contribution is -2.20. The van der Waals surface area contributed by atoms with E-state index in [0.29, 0.717) is 60.9 Å². The minimum atomic E-state index is -0.564. The first-order valence-electron chi connectivity index (χ1n) is 12.3. The molecule has 0 atom stereocenters. The fourth-order valence-corrected chi connectivity index (χ4v) is 4.38. The van der Waals surface area contributed by atoms with Gasteiger partial charge in [0, 0.05) is 31.3 Å².